The lowest BCUT2D eigenvalue weighted by Gasteiger charge is -2.09. The van der Waals surface area contributed by atoms with E-state index in [1.807, 2.05) is 35.7 Å². The smallest absolute Gasteiger partial charge is 0.340 e. The fourth-order valence-corrected chi connectivity index (χ4v) is 3.96. The standard InChI is InChI=1S/C26H27N3O3S/c1-3-4-5-8-14-32-26(30)22-12-6-7-13-23(22)28-17-20(16-27)25-29-24(18-33-25)19-10-9-11-21(15-19)31-2/h6-7,9-13,15,17-18,28H,3-5,8,14H2,1-2H3/b20-17+. The van der Waals surface area contributed by atoms with Crippen LogP contribution in [0, 0.1) is 11.3 Å². The second-order valence-electron chi connectivity index (χ2n) is 7.33. The van der Waals surface area contributed by atoms with Gasteiger partial charge in [0.25, 0.3) is 0 Å². The topological polar surface area (TPSA) is 84.2 Å². The van der Waals surface area contributed by atoms with Gasteiger partial charge in [-0.25, -0.2) is 9.78 Å². The van der Waals surface area contributed by atoms with Crippen LogP contribution in [-0.2, 0) is 4.74 Å². The molecule has 0 aliphatic rings. The third-order valence-corrected chi connectivity index (χ3v) is 5.85. The molecule has 3 aromatic rings. The number of hydrogen-bond donors (Lipinski definition) is 1. The minimum Gasteiger partial charge on any atom is -0.497 e. The Labute approximate surface area is 198 Å². The van der Waals surface area contributed by atoms with Crippen LogP contribution < -0.4 is 10.1 Å². The lowest BCUT2D eigenvalue weighted by molar-refractivity contribution is 0.0499. The molecule has 6 nitrogen and oxygen atoms in total. The number of ether oxygens (including phenoxy) is 2. The summed E-state index contributed by atoms with van der Waals surface area (Å²) in [6, 6.07) is 16.9. The number of esters is 1. The first kappa shape index (κ1) is 24.0. The third-order valence-electron chi connectivity index (χ3n) is 4.97. The van der Waals surface area contributed by atoms with E-state index in [1.165, 1.54) is 11.3 Å². The van der Waals surface area contributed by atoms with Gasteiger partial charge >= 0.3 is 5.97 Å². The number of benzene rings is 2. The van der Waals surface area contributed by atoms with Crippen LogP contribution in [0.3, 0.4) is 0 Å². The number of aromatic nitrogens is 1. The highest BCUT2D eigenvalue weighted by molar-refractivity contribution is 7.11. The Balaban J connectivity index is 1.72. The summed E-state index contributed by atoms with van der Waals surface area (Å²) in [7, 11) is 1.62. The molecule has 0 bridgehead atoms. The molecule has 1 N–H and O–H groups in total. The number of nitrogens with zero attached hydrogens (tertiary/aromatic N) is 2. The molecule has 0 aliphatic carbocycles. The Kier molecular flexibility index (Phi) is 9.04. The molecule has 0 spiro atoms. The van der Waals surface area contributed by atoms with E-state index in [4.69, 9.17) is 9.47 Å². The number of nitrogens with one attached hydrogen (secondary N) is 1. The molecule has 33 heavy (non-hydrogen) atoms. The van der Waals surface area contributed by atoms with Crippen LogP contribution in [0.15, 0.2) is 60.1 Å². The molecule has 0 fully saturated rings. The van der Waals surface area contributed by atoms with E-state index in [2.05, 4.69) is 23.3 Å². The molecule has 1 aromatic heterocycles. The van der Waals surface area contributed by atoms with Crippen molar-refractivity contribution < 1.29 is 14.3 Å². The Morgan fingerprint density at radius 2 is 2.03 bits per heavy atom. The summed E-state index contributed by atoms with van der Waals surface area (Å²) < 4.78 is 10.7. The zero-order valence-corrected chi connectivity index (χ0v) is 19.7. The minimum atomic E-state index is -0.379. The number of thiazole rings is 1. The SMILES string of the molecule is CCCCCCOC(=O)c1ccccc1N/C=C(\C#N)c1nc(-c2cccc(OC)c2)cs1. The van der Waals surface area contributed by atoms with Crippen LogP contribution in [-0.4, -0.2) is 24.7 Å². The van der Waals surface area contributed by atoms with Gasteiger partial charge in [-0.15, -0.1) is 11.3 Å². The highest BCUT2D eigenvalue weighted by Crippen LogP contribution is 2.28. The molecule has 3 rings (SSSR count). The number of nitriles is 1. The van der Waals surface area contributed by atoms with E-state index < -0.39 is 0 Å². The third kappa shape index (κ3) is 6.67. The highest BCUT2D eigenvalue weighted by Gasteiger charge is 2.13. The van der Waals surface area contributed by atoms with Crippen molar-refractivity contribution in [3.63, 3.8) is 0 Å². The van der Waals surface area contributed by atoms with Crippen LogP contribution in [0.4, 0.5) is 5.69 Å². The molecule has 0 atom stereocenters. The van der Waals surface area contributed by atoms with E-state index in [1.54, 1.807) is 31.5 Å². The maximum Gasteiger partial charge on any atom is 0.340 e. The van der Waals surface area contributed by atoms with Crippen molar-refractivity contribution in [2.24, 2.45) is 0 Å². The van der Waals surface area contributed by atoms with Crippen molar-refractivity contribution >= 4 is 28.6 Å². The number of methoxy groups -OCH3 is 1. The van der Waals surface area contributed by atoms with Gasteiger partial charge in [-0.1, -0.05) is 50.5 Å². The van der Waals surface area contributed by atoms with Crippen LogP contribution in [0.25, 0.3) is 16.8 Å². The summed E-state index contributed by atoms with van der Waals surface area (Å²) in [5, 5.41) is 15.2. The molecular formula is C26H27N3O3S. The van der Waals surface area contributed by atoms with Crippen LogP contribution in [0.1, 0.15) is 48.0 Å². The lowest BCUT2D eigenvalue weighted by atomic mass is 10.1. The largest absolute Gasteiger partial charge is 0.497 e. The molecular weight excluding hydrogens is 434 g/mol. The van der Waals surface area contributed by atoms with Crippen molar-refractivity contribution in [3.05, 3.63) is 70.7 Å². The van der Waals surface area contributed by atoms with Crippen LogP contribution in [0.5, 0.6) is 5.75 Å². The van der Waals surface area contributed by atoms with E-state index in [9.17, 15) is 10.1 Å². The van der Waals surface area contributed by atoms with Gasteiger partial charge in [0.15, 0.2) is 0 Å². The molecule has 7 heteroatoms. The number of carbonyl (C=O) groups is 1. The first-order valence-corrected chi connectivity index (χ1v) is 11.8. The normalized spacial score (nSPS) is 11.0. The Morgan fingerprint density at radius 1 is 1.18 bits per heavy atom. The van der Waals surface area contributed by atoms with Crippen LogP contribution in [0.2, 0.25) is 0 Å². The number of allylic oxidation sites excluding steroid dienone is 1. The molecule has 0 aliphatic heterocycles. The zero-order chi connectivity index (χ0) is 23.5. The first-order chi connectivity index (χ1) is 16.2. The van der Waals surface area contributed by atoms with Gasteiger partial charge in [-0.3, -0.25) is 0 Å². The molecule has 2 aromatic carbocycles. The minimum absolute atomic E-state index is 0.372. The Morgan fingerprint density at radius 3 is 2.82 bits per heavy atom. The van der Waals surface area contributed by atoms with E-state index >= 15 is 0 Å². The number of para-hydroxylation sites is 1. The molecule has 0 unspecified atom stereocenters. The second kappa shape index (κ2) is 12.4. The van der Waals surface area contributed by atoms with E-state index in [0.717, 1.165) is 42.7 Å². The maximum absolute atomic E-state index is 12.5. The number of rotatable bonds is 11. The lowest BCUT2D eigenvalue weighted by Crippen LogP contribution is -2.09. The van der Waals surface area contributed by atoms with E-state index in [-0.39, 0.29) is 5.97 Å². The predicted molar refractivity (Wildman–Crippen MR) is 132 cm³/mol. The number of anilines is 1. The van der Waals surface area contributed by atoms with E-state index in [0.29, 0.717) is 28.4 Å². The maximum atomic E-state index is 12.5. The second-order valence-corrected chi connectivity index (χ2v) is 8.18. The highest BCUT2D eigenvalue weighted by atomic mass is 32.1. The number of hydrogen-bond acceptors (Lipinski definition) is 7. The fourth-order valence-electron chi connectivity index (χ4n) is 3.16. The Bertz CT molecular complexity index is 1150. The van der Waals surface area contributed by atoms with Gasteiger partial charge in [-0.05, 0) is 30.7 Å². The average molecular weight is 462 g/mol. The fraction of sp³-hybridized carbons (Fsp3) is 0.269. The Hall–Kier alpha value is -3.63. The van der Waals surface area contributed by atoms with Crippen molar-refractivity contribution in [2.45, 2.75) is 32.6 Å². The molecule has 0 saturated carbocycles. The monoisotopic (exact) mass is 461 g/mol. The van der Waals surface area contributed by atoms with Gasteiger partial charge in [0.05, 0.1) is 30.7 Å². The summed E-state index contributed by atoms with van der Waals surface area (Å²) in [5.74, 6) is 0.365. The summed E-state index contributed by atoms with van der Waals surface area (Å²) in [6.07, 6.45) is 5.74. The first-order valence-electron chi connectivity index (χ1n) is 10.9. The van der Waals surface area contributed by atoms with Gasteiger partial charge in [0, 0.05) is 17.1 Å². The van der Waals surface area contributed by atoms with Crippen molar-refractivity contribution in [1.82, 2.24) is 4.98 Å². The zero-order valence-electron chi connectivity index (χ0n) is 18.8. The van der Waals surface area contributed by atoms with Gasteiger partial charge in [0.1, 0.15) is 22.4 Å². The van der Waals surface area contributed by atoms with Gasteiger partial charge < -0.3 is 14.8 Å². The van der Waals surface area contributed by atoms with Crippen molar-refractivity contribution in [3.8, 4) is 23.1 Å². The van der Waals surface area contributed by atoms with Gasteiger partial charge in [0.2, 0.25) is 0 Å². The quantitative estimate of drug-likeness (QED) is 0.198. The molecule has 170 valence electrons. The average Bonchev–Trinajstić information content (AvgIpc) is 3.34. The van der Waals surface area contributed by atoms with Crippen molar-refractivity contribution in [2.75, 3.05) is 19.0 Å². The number of unbranched alkanes of at least 4 members (excludes halogenated alkanes) is 3. The molecule has 0 saturated heterocycles. The van der Waals surface area contributed by atoms with Gasteiger partial charge in [-0.2, -0.15) is 5.26 Å². The molecule has 1 heterocycles. The molecule has 0 radical (unpaired) electrons. The molecule has 0 amide bonds. The summed E-state index contributed by atoms with van der Waals surface area (Å²) in [6.45, 7) is 2.54. The summed E-state index contributed by atoms with van der Waals surface area (Å²) in [4.78, 5) is 17.1. The summed E-state index contributed by atoms with van der Waals surface area (Å²) in [5.41, 5.74) is 3.05. The summed E-state index contributed by atoms with van der Waals surface area (Å²) >= 11 is 1.38. The van der Waals surface area contributed by atoms with Crippen molar-refractivity contribution in [1.29, 1.82) is 5.26 Å². The number of carbonyl (C=O) groups excluding carboxylic acids is 1. The predicted octanol–water partition coefficient (Wildman–Crippen LogP) is 6.53. The van der Waals surface area contributed by atoms with Crippen LogP contribution >= 0.6 is 11.3 Å².